The highest BCUT2D eigenvalue weighted by Gasteiger charge is 2.16. The number of carbonyl (C=O) groups is 1. The fourth-order valence-corrected chi connectivity index (χ4v) is 5.74. The number of hydrogen-bond acceptors (Lipinski definition) is 6. The highest BCUT2D eigenvalue weighted by atomic mass is 32.2. The van der Waals surface area contributed by atoms with Crippen molar-refractivity contribution < 1.29 is 9.18 Å². The van der Waals surface area contributed by atoms with Crippen molar-refractivity contribution in [1.82, 2.24) is 4.98 Å². The first-order valence-electron chi connectivity index (χ1n) is 9.09. The molecule has 2 aromatic carbocycles. The molecule has 9 heteroatoms. The zero-order chi connectivity index (χ0) is 22.0. The van der Waals surface area contributed by atoms with Crippen LogP contribution in [0.2, 0.25) is 0 Å². The normalized spacial score (nSPS) is 10.8. The number of hydrogen-bond donors (Lipinski definition) is 2. The first kappa shape index (κ1) is 21.2. The summed E-state index contributed by atoms with van der Waals surface area (Å²) in [6.45, 7) is 0. The number of thiophene rings is 1. The number of rotatable bonds is 7. The van der Waals surface area contributed by atoms with E-state index in [1.165, 1.54) is 39.7 Å². The van der Waals surface area contributed by atoms with Gasteiger partial charge in [0.25, 0.3) is 0 Å². The molecule has 0 aliphatic carbocycles. The summed E-state index contributed by atoms with van der Waals surface area (Å²) in [4.78, 5) is 18.7. The minimum Gasteiger partial charge on any atom is -0.383 e. The van der Waals surface area contributed by atoms with E-state index in [4.69, 9.17) is 16.1 Å². The molecule has 0 spiro atoms. The molecule has 0 aliphatic heterocycles. The SMILES string of the molecule is CSc1sc(C(=N)N)cc1-c1nc(-c2cccc(N(C=O)c3ccc(F)cc3)c2)cs1. The van der Waals surface area contributed by atoms with Crippen LogP contribution in [0, 0.1) is 11.2 Å². The topological polar surface area (TPSA) is 83.1 Å². The lowest BCUT2D eigenvalue weighted by Gasteiger charge is -2.18. The minimum absolute atomic E-state index is 0.0470. The van der Waals surface area contributed by atoms with Crippen molar-refractivity contribution in [3.63, 3.8) is 0 Å². The molecular weight excluding hydrogens is 451 g/mol. The first-order valence-corrected chi connectivity index (χ1v) is 12.0. The molecule has 0 fully saturated rings. The lowest BCUT2D eigenvalue weighted by molar-refractivity contribution is -0.106. The fourth-order valence-electron chi connectivity index (χ4n) is 3.03. The third kappa shape index (κ3) is 4.39. The number of nitrogen functional groups attached to an aromatic ring is 1. The van der Waals surface area contributed by atoms with E-state index in [0.29, 0.717) is 17.8 Å². The van der Waals surface area contributed by atoms with Crippen LogP contribution in [-0.4, -0.2) is 23.5 Å². The van der Waals surface area contributed by atoms with Crippen LogP contribution < -0.4 is 10.6 Å². The monoisotopic (exact) mass is 468 g/mol. The van der Waals surface area contributed by atoms with Crippen LogP contribution in [-0.2, 0) is 4.79 Å². The van der Waals surface area contributed by atoms with E-state index in [9.17, 15) is 9.18 Å². The molecule has 0 saturated carbocycles. The summed E-state index contributed by atoms with van der Waals surface area (Å²) < 4.78 is 14.3. The third-order valence-electron chi connectivity index (χ3n) is 4.51. The second-order valence-corrected chi connectivity index (χ2v) is 9.45. The van der Waals surface area contributed by atoms with Gasteiger partial charge in [-0.1, -0.05) is 12.1 Å². The molecule has 2 aromatic heterocycles. The van der Waals surface area contributed by atoms with Crippen LogP contribution >= 0.6 is 34.4 Å². The number of nitrogens with two attached hydrogens (primary N) is 1. The predicted molar refractivity (Wildman–Crippen MR) is 128 cm³/mol. The number of nitrogens with one attached hydrogen (secondary N) is 1. The summed E-state index contributed by atoms with van der Waals surface area (Å²) in [5, 5.41) is 10.5. The Hall–Kier alpha value is -3.01. The van der Waals surface area contributed by atoms with Gasteiger partial charge in [0.15, 0.2) is 0 Å². The van der Waals surface area contributed by atoms with Gasteiger partial charge in [0, 0.05) is 27.9 Å². The summed E-state index contributed by atoms with van der Waals surface area (Å²) in [6, 6.07) is 15.1. The van der Waals surface area contributed by atoms with Gasteiger partial charge in [-0.05, 0) is 48.7 Å². The number of thioether (sulfide) groups is 1. The quantitative estimate of drug-likeness (QED) is 0.151. The molecule has 4 rings (SSSR count). The largest absolute Gasteiger partial charge is 0.383 e. The van der Waals surface area contributed by atoms with Gasteiger partial charge in [0.1, 0.15) is 16.7 Å². The summed E-state index contributed by atoms with van der Waals surface area (Å²) in [5.41, 5.74) is 9.51. The Morgan fingerprint density at radius 2 is 1.97 bits per heavy atom. The average Bonchev–Trinajstić information content (AvgIpc) is 3.43. The number of anilines is 2. The molecule has 0 saturated heterocycles. The fraction of sp³-hybridized carbons (Fsp3) is 0.0455. The molecule has 0 radical (unpaired) electrons. The van der Waals surface area contributed by atoms with Gasteiger partial charge in [-0.15, -0.1) is 34.4 Å². The number of amides is 1. The molecule has 0 bridgehead atoms. The van der Waals surface area contributed by atoms with Gasteiger partial charge in [-0.2, -0.15) is 0 Å². The van der Waals surface area contributed by atoms with Gasteiger partial charge in [0.2, 0.25) is 6.41 Å². The lowest BCUT2D eigenvalue weighted by Crippen LogP contribution is -2.13. The molecule has 31 heavy (non-hydrogen) atoms. The summed E-state index contributed by atoms with van der Waals surface area (Å²) in [7, 11) is 0. The van der Waals surface area contributed by atoms with Crippen LogP contribution in [0.3, 0.4) is 0 Å². The van der Waals surface area contributed by atoms with Gasteiger partial charge in [0.05, 0.1) is 14.8 Å². The van der Waals surface area contributed by atoms with Crippen LogP contribution in [0.25, 0.3) is 21.8 Å². The van der Waals surface area contributed by atoms with Gasteiger partial charge < -0.3 is 5.73 Å². The Morgan fingerprint density at radius 3 is 2.65 bits per heavy atom. The van der Waals surface area contributed by atoms with Crippen molar-refractivity contribution in [2.45, 2.75) is 4.21 Å². The standard InChI is InChI=1S/C22H17FN4OS3/c1-29-22-17(10-19(31-22)20(24)25)21-26-18(11-30-21)13-3-2-4-16(9-13)27(12-28)15-7-5-14(23)6-8-15/h2-12H,1H3,(H3,24,25). The van der Waals surface area contributed by atoms with Crippen molar-refractivity contribution in [3.05, 3.63) is 70.7 Å². The Kier molecular flexibility index (Phi) is 6.17. The average molecular weight is 469 g/mol. The zero-order valence-corrected chi connectivity index (χ0v) is 18.8. The van der Waals surface area contributed by atoms with E-state index < -0.39 is 0 Å². The van der Waals surface area contributed by atoms with Crippen molar-refractivity contribution >= 4 is 58.1 Å². The Morgan fingerprint density at radius 1 is 1.19 bits per heavy atom. The number of amidine groups is 1. The maximum Gasteiger partial charge on any atom is 0.218 e. The smallest absolute Gasteiger partial charge is 0.218 e. The highest BCUT2D eigenvalue weighted by molar-refractivity contribution is 8.00. The molecule has 0 aliphatic rings. The molecular formula is C22H17FN4OS3. The Bertz CT molecular complexity index is 1250. The van der Waals surface area contributed by atoms with E-state index in [2.05, 4.69) is 0 Å². The number of carbonyl (C=O) groups excluding carboxylic acids is 1. The minimum atomic E-state index is -0.357. The summed E-state index contributed by atoms with van der Waals surface area (Å²) in [6.07, 6.45) is 2.69. The highest BCUT2D eigenvalue weighted by Crippen LogP contribution is 2.40. The van der Waals surface area contributed by atoms with E-state index in [-0.39, 0.29) is 11.7 Å². The number of halogens is 1. The molecule has 3 N–H and O–H groups in total. The van der Waals surface area contributed by atoms with E-state index in [1.54, 1.807) is 23.9 Å². The molecule has 4 aromatic rings. The van der Waals surface area contributed by atoms with Crippen LogP contribution in [0.4, 0.5) is 15.8 Å². The van der Waals surface area contributed by atoms with Crippen molar-refractivity contribution in [1.29, 1.82) is 5.41 Å². The van der Waals surface area contributed by atoms with Crippen molar-refractivity contribution in [2.24, 2.45) is 5.73 Å². The van der Waals surface area contributed by atoms with E-state index in [1.807, 2.05) is 42.0 Å². The maximum atomic E-state index is 13.3. The summed E-state index contributed by atoms with van der Waals surface area (Å²) in [5.74, 6) is -0.310. The molecule has 0 unspecified atom stereocenters. The van der Waals surface area contributed by atoms with Crippen LogP contribution in [0.1, 0.15) is 4.88 Å². The first-order chi connectivity index (χ1) is 15.0. The zero-order valence-electron chi connectivity index (χ0n) is 16.3. The number of aromatic nitrogens is 1. The van der Waals surface area contributed by atoms with Crippen LogP contribution in [0.15, 0.2) is 64.2 Å². The van der Waals surface area contributed by atoms with Crippen molar-refractivity contribution in [3.8, 4) is 21.8 Å². The molecule has 156 valence electrons. The Labute approximate surface area is 190 Å². The lowest BCUT2D eigenvalue weighted by atomic mass is 10.1. The molecule has 2 heterocycles. The van der Waals surface area contributed by atoms with Gasteiger partial charge in [-0.25, -0.2) is 9.37 Å². The second-order valence-electron chi connectivity index (χ2n) is 6.47. The van der Waals surface area contributed by atoms with Crippen molar-refractivity contribution in [2.75, 3.05) is 11.2 Å². The van der Waals surface area contributed by atoms with E-state index in [0.717, 1.165) is 30.9 Å². The van der Waals surface area contributed by atoms with Gasteiger partial charge in [-0.3, -0.25) is 15.1 Å². The van der Waals surface area contributed by atoms with Crippen LogP contribution in [0.5, 0.6) is 0 Å². The number of nitrogens with zero attached hydrogens (tertiary/aromatic N) is 2. The molecule has 1 amide bonds. The molecule has 5 nitrogen and oxygen atoms in total. The summed E-state index contributed by atoms with van der Waals surface area (Å²) >= 11 is 4.60. The Balaban J connectivity index is 1.68. The van der Waals surface area contributed by atoms with Gasteiger partial charge >= 0.3 is 0 Å². The number of thiazole rings is 1. The second kappa shape index (κ2) is 9.01. The number of benzene rings is 2. The van der Waals surface area contributed by atoms with E-state index >= 15 is 0 Å². The molecule has 0 atom stereocenters. The maximum absolute atomic E-state index is 13.3. The predicted octanol–water partition coefficient (Wildman–Crippen LogP) is 5.98. The third-order valence-corrected chi connectivity index (χ3v) is 7.69.